The summed E-state index contributed by atoms with van der Waals surface area (Å²) in [7, 11) is -4.16. The van der Waals surface area contributed by atoms with Gasteiger partial charge in [0.2, 0.25) is 11.8 Å². The first-order chi connectivity index (χ1) is 17.7. The topological polar surface area (TPSA) is 86.8 Å². The van der Waals surface area contributed by atoms with Crippen LogP contribution in [-0.2, 0) is 26.2 Å². The summed E-state index contributed by atoms with van der Waals surface area (Å²) in [5, 5.41) is 3.18. The average Bonchev–Trinajstić information content (AvgIpc) is 2.90. The molecule has 37 heavy (non-hydrogen) atoms. The Morgan fingerprint density at radius 1 is 0.892 bits per heavy atom. The van der Waals surface area contributed by atoms with Crippen molar-refractivity contribution >= 4 is 50.7 Å². The Bertz CT molecular complexity index is 1320. The van der Waals surface area contributed by atoms with E-state index in [1.54, 1.807) is 25.1 Å². The number of amides is 2. The molecule has 0 saturated heterocycles. The predicted molar refractivity (Wildman–Crippen MR) is 147 cm³/mol. The van der Waals surface area contributed by atoms with Gasteiger partial charge in [-0.1, -0.05) is 78.7 Å². The normalized spacial score (nSPS) is 12.0. The maximum atomic E-state index is 13.9. The van der Waals surface area contributed by atoms with E-state index in [0.717, 1.165) is 9.87 Å². The van der Waals surface area contributed by atoms with Crippen molar-refractivity contribution < 1.29 is 18.0 Å². The molecule has 0 aromatic heterocycles. The molecule has 1 N–H and O–H groups in total. The summed E-state index contributed by atoms with van der Waals surface area (Å²) < 4.78 is 28.4. The first-order valence-electron chi connectivity index (χ1n) is 11.8. The van der Waals surface area contributed by atoms with Gasteiger partial charge >= 0.3 is 0 Å². The van der Waals surface area contributed by atoms with Crippen molar-refractivity contribution in [3.63, 3.8) is 0 Å². The van der Waals surface area contributed by atoms with Gasteiger partial charge < -0.3 is 10.2 Å². The second kappa shape index (κ2) is 12.9. The summed E-state index contributed by atoms with van der Waals surface area (Å²) in [6.07, 6.45) is 0.350. The minimum Gasteiger partial charge on any atom is -0.355 e. The molecule has 0 saturated carbocycles. The van der Waals surface area contributed by atoms with Crippen LogP contribution in [0.5, 0.6) is 0 Å². The standard InChI is InChI=1S/C27H29Cl2N3O4S/c1-3-25(27(34)30-4-2)31(18-20-11-7-5-8-12-20)26(33)19-32(21-15-16-23(28)24(29)17-21)37(35,36)22-13-9-6-10-14-22/h5-17,25H,3-4,18-19H2,1-2H3,(H,30,34)/t25-/m0/s1. The molecule has 3 aromatic rings. The van der Waals surface area contributed by atoms with Gasteiger partial charge in [0.15, 0.2) is 0 Å². The molecule has 0 spiro atoms. The van der Waals surface area contributed by atoms with E-state index in [1.165, 1.54) is 35.2 Å². The lowest BCUT2D eigenvalue weighted by Crippen LogP contribution is -2.52. The van der Waals surface area contributed by atoms with Crippen LogP contribution in [0.15, 0.2) is 83.8 Å². The molecule has 3 aromatic carbocycles. The summed E-state index contributed by atoms with van der Waals surface area (Å²) in [5.74, 6) is -0.839. The van der Waals surface area contributed by atoms with Crippen LogP contribution in [0.4, 0.5) is 5.69 Å². The number of rotatable bonds is 11. The fourth-order valence-corrected chi connectivity index (χ4v) is 5.60. The monoisotopic (exact) mass is 561 g/mol. The first-order valence-corrected chi connectivity index (χ1v) is 14.0. The molecule has 0 unspecified atom stereocenters. The Labute approximate surface area is 228 Å². The van der Waals surface area contributed by atoms with Crippen molar-refractivity contribution in [2.24, 2.45) is 0 Å². The molecule has 0 bridgehead atoms. The zero-order chi connectivity index (χ0) is 27.0. The van der Waals surface area contributed by atoms with E-state index in [-0.39, 0.29) is 33.1 Å². The highest BCUT2D eigenvalue weighted by Gasteiger charge is 2.33. The van der Waals surface area contributed by atoms with E-state index >= 15 is 0 Å². The molecule has 0 radical (unpaired) electrons. The third-order valence-electron chi connectivity index (χ3n) is 5.73. The molecule has 10 heteroatoms. The molecule has 196 valence electrons. The molecular formula is C27H29Cl2N3O4S. The quantitative estimate of drug-likeness (QED) is 0.351. The summed E-state index contributed by atoms with van der Waals surface area (Å²) in [6, 6.07) is 20.6. The Kier molecular flexibility index (Phi) is 9.97. The van der Waals surface area contributed by atoms with Crippen LogP contribution < -0.4 is 9.62 Å². The number of carbonyl (C=O) groups is 2. The molecule has 7 nitrogen and oxygen atoms in total. The molecule has 0 aliphatic carbocycles. The van der Waals surface area contributed by atoms with Gasteiger partial charge in [-0.25, -0.2) is 8.42 Å². The van der Waals surface area contributed by atoms with Crippen LogP contribution in [0.25, 0.3) is 0 Å². The van der Waals surface area contributed by atoms with Gasteiger partial charge in [0.1, 0.15) is 12.6 Å². The van der Waals surface area contributed by atoms with Gasteiger partial charge in [0, 0.05) is 13.1 Å². The fraction of sp³-hybridized carbons (Fsp3) is 0.259. The van der Waals surface area contributed by atoms with Crippen LogP contribution in [0, 0.1) is 0 Å². The number of nitrogens with zero attached hydrogens (tertiary/aromatic N) is 2. The third kappa shape index (κ3) is 7.03. The molecule has 0 aliphatic heterocycles. The number of carbonyl (C=O) groups excluding carboxylic acids is 2. The number of hydrogen-bond donors (Lipinski definition) is 1. The average molecular weight is 563 g/mol. The van der Waals surface area contributed by atoms with E-state index < -0.39 is 28.5 Å². The zero-order valence-electron chi connectivity index (χ0n) is 20.6. The highest BCUT2D eigenvalue weighted by molar-refractivity contribution is 7.92. The molecule has 0 heterocycles. The lowest BCUT2D eigenvalue weighted by molar-refractivity contribution is -0.140. The highest BCUT2D eigenvalue weighted by Crippen LogP contribution is 2.31. The Morgan fingerprint density at radius 3 is 2.08 bits per heavy atom. The van der Waals surface area contributed by atoms with Crippen LogP contribution in [-0.4, -0.2) is 44.3 Å². The van der Waals surface area contributed by atoms with Crippen LogP contribution in [0.2, 0.25) is 10.0 Å². The van der Waals surface area contributed by atoms with Crippen LogP contribution >= 0.6 is 23.2 Å². The summed E-state index contributed by atoms with van der Waals surface area (Å²) in [4.78, 5) is 28.2. The zero-order valence-corrected chi connectivity index (χ0v) is 22.9. The van der Waals surface area contributed by atoms with Crippen molar-refractivity contribution in [3.05, 3.63) is 94.5 Å². The number of nitrogens with one attached hydrogen (secondary N) is 1. The summed E-state index contributed by atoms with van der Waals surface area (Å²) >= 11 is 12.3. The van der Waals surface area contributed by atoms with Crippen molar-refractivity contribution in [2.45, 2.75) is 37.8 Å². The van der Waals surface area contributed by atoms with Crippen LogP contribution in [0.1, 0.15) is 25.8 Å². The van der Waals surface area contributed by atoms with Gasteiger partial charge in [-0.05, 0) is 49.2 Å². The van der Waals surface area contributed by atoms with E-state index in [1.807, 2.05) is 37.3 Å². The SMILES string of the molecule is CCNC(=O)[C@H](CC)N(Cc1ccccc1)C(=O)CN(c1ccc(Cl)c(Cl)c1)S(=O)(=O)c1ccccc1. The van der Waals surface area contributed by atoms with E-state index in [0.29, 0.717) is 13.0 Å². The molecule has 3 rings (SSSR count). The number of likely N-dealkylation sites (N-methyl/N-ethyl adjacent to an activating group) is 1. The van der Waals surface area contributed by atoms with E-state index in [9.17, 15) is 18.0 Å². The Hall–Kier alpha value is -3.07. The molecule has 0 fully saturated rings. The van der Waals surface area contributed by atoms with E-state index in [2.05, 4.69) is 5.32 Å². The Balaban J connectivity index is 2.06. The van der Waals surface area contributed by atoms with Crippen LogP contribution in [0.3, 0.4) is 0 Å². The largest absolute Gasteiger partial charge is 0.355 e. The lowest BCUT2D eigenvalue weighted by atomic mass is 10.1. The number of halogens is 2. The van der Waals surface area contributed by atoms with E-state index in [4.69, 9.17) is 23.2 Å². The Morgan fingerprint density at radius 2 is 1.51 bits per heavy atom. The maximum Gasteiger partial charge on any atom is 0.264 e. The lowest BCUT2D eigenvalue weighted by Gasteiger charge is -2.33. The number of benzene rings is 3. The molecular weight excluding hydrogens is 533 g/mol. The second-order valence-corrected chi connectivity index (χ2v) is 10.9. The van der Waals surface area contributed by atoms with Crippen molar-refractivity contribution in [2.75, 3.05) is 17.4 Å². The third-order valence-corrected chi connectivity index (χ3v) is 8.26. The number of anilines is 1. The molecule has 0 aliphatic rings. The predicted octanol–water partition coefficient (Wildman–Crippen LogP) is 5.13. The fourth-order valence-electron chi connectivity index (χ4n) is 3.88. The van der Waals surface area contributed by atoms with Gasteiger partial charge in [0.25, 0.3) is 10.0 Å². The molecule has 2 amide bonds. The summed E-state index contributed by atoms with van der Waals surface area (Å²) in [6.45, 7) is 3.60. The first kappa shape index (κ1) is 28.5. The maximum absolute atomic E-state index is 13.9. The minimum absolute atomic E-state index is 0.0132. The van der Waals surface area contributed by atoms with Gasteiger partial charge in [-0.2, -0.15) is 0 Å². The highest BCUT2D eigenvalue weighted by atomic mass is 35.5. The number of sulfonamides is 1. The number of hydrogen-bond acceptors (Lipinski definition) is 4. The van der Waals surface area contributed by atoms with Gasteiger partial charge in [0.05, 0.1) is 20.6 Å². The molecule has 1 atom stereocenters. The van der Waals surface area contributed by atoms with Crippen molar-refractivity contribution in [1.29, 1.82) is 0 Å². The summed E-state index contributed by atoms with van der Waals surface area (Å²) in [5.41, 5.74) is 0.989. The smallest absolute Gasteiger partial charge is 0.264 e. The van der Waals surface area contributed by atoms with Crippen molar-refractivity contribution in [3.8, 4) is 0 Å². The second-order valence-electron chi connectivity index (χ2n) is 8.25. The minimum atomic E-state index is -4.16. The van der Waals surface area contributed by atoms with Gasteiger partial charge in [-0.3, -0.25) is 13.9 Å². The van der Waals surface area contributed by atoms with Gasteiger partial charge in [-0.15, -0.1) is 0 Å². The van der Waals surface area contributed by atoms with Crippen molar-refractivity contribution in [1.82, 2.24) is 10.2 Å².